The van der Waals surface area contributed by atoms with Crippen molar-refractivity contribution < 1.29 is 0 Å². The molecule has 18 heavy (non-hydrogen) atoms. The van der Waals surface area contributed by atoms with Crippen molar-refractivity contribution in [2.24, 2.45) is 5.92 Å². The fourth-order valence-electron chi connectivity index (χ4n) is 1.96. The molecule has 0 N–H and O–H groups in total. The molecule has 2 aromatic heterocycles. The number of alkyl halides is 1. The molecule has 0 aliphatic rings. The van der Waals surface area contributed by atoms with E-state index in [1.807, 2.05) is 13.0 Å². The highest BCUT2D eigenvalue weighted by molar-refractivity contribution is 9.10. The molecule has 5 heteroatoms. The van der Waals surface area contributed by atoms with Crippen LogP contribution in [0, 0.1) is 5.92 Å². The Morgan fingerprint density at radius 3 is 2.50 bits per heavy atom. The highest BCUT2D eigenvalue weighted by Gasteiger charge is 2.21. The largest absolute Gasteiger partial charge is 0.308 e. The van der Waals surface area contributed by atoms with Crippen LogP contribution in [0.4, 0.5) is 0 Å². The predicted molar refractivity (Wildman–Crippen MR) is 79.0 cm³/mol. The van der Waals surface area contributed by atoms with Crippen molar-refractivity contribution in [1.29, 1.82) is 0 Å². The maximum Gasteiger partial charge on any atom is 0.160 e. The predicted octanol–water partition coefficient (Wildman–Crippen LogP) is 4.71. The average molecular weight is 331 g/mol. The first-order valence-corrected chi connectivity index (χ1v) is 7.32. The molecule has 0 saturated heterocycles. The number of hydrogen-bond donors (Lipinski definition) is 0. The van der Waals surface area contributed by atoms with E-state index >= 15 is 0 Å². The van der Waals surface area contributed by atoms with Gasteiger partial charge in [0.1, 0.15) is 11.3 Å². The molecular formula is C13H17BrClN3. The number of fused-ring (bicyclic) bond motifs is 1. The molecule has 0 bridgehead atoms. The third kappa shape index (κ3) is 2.41. The van der Waals surface area contributed by atoms with Crippen LogP contribution in [0.5, 0.6) is 0 Å². The van der Waals surface area contributed by atoms with Crippen molar-refractivity contribution in [1.82, 2.24) is 14.5 Å². The summed E-state index contributed by atoms with van der Waals surface area (Å²) in [5, 5.41) is -0.126. The Bertz CT molecular complexity index is 563. The summed E-state index contributed by atoms with van der Waals surface area (Å²) in [6, 6.07) is 2.30. The number of aromatic nitrogens is 3. The fraction of sp³-hybridized carbons (Fsp3) is 0.538. The molecule has 0 aliphatic heterocycles. The summed E-state index contributed by atoms with van der Waals surface area (Å²) < 4.78 is 3.09. The quantitative estimate of drug-likeness (QED) is 0.763. The minimum atomic E-state index is -0.126. The molecule has 2 atom stereocenters. The van der Waals surface area contributed by atoms with Crippen molar-refractivity contribution in [3.8, 4) is 0 Å². The molecule has 0 radical (unpaired) electrons. The van der Waals surface area contributed by atoms with E-state index in [9.17, 15) is 0 Å². The number of rotatable bonds is 3. The molecule has 98 valence electrons. The maximum absolute atomic E-state index is 6.25. The van der Waals surface area contributed by atoms with Crippen molar-refractivity contribution in [3.05, 3.63) is 22.6 Å². The second kappa shape index (κ2) is 5.17. The highest BCUT2D eigenvalue weighted by atomic mass is 79.9. The van der Waals surface area contributed by atoms with Gasteiger partial charge in [-0.2, -0.15) is 0 Å². The zero-order chi connectivity index (χ0) is 13.4. The first-order valence-electron chi connectivity index (χ1n) is 6.09. The van der Waals surface area contributed by atoms with Crippen molar-refractivity contribution in [3.63, 3.8) is 0 Å². The van der Waals surface area contributed by atoms with Crippen LogP contribution in [0.1, 0.15) is 44.9 Å². The van der Waals surface area contributed by atoms with E-state index in [0.717, 1.165) is 21.5 Å². The molecule has 0 spiro atoms. The first kappa shape index (κ1) is 13.8. The minimum Gasteiger partial charge on any atom is -0.308 e. The Morgan fingerprint density at radius 2 is 1.94 bits per heavy atom. The van der Waals surface area contributed by atoms with E-state index in [1.165, 1.54) is 0 Å². The van der Waals surface area contributed by atoms with Gasteiger partial charge in [-0.3, -0.25) is 0 Å². The summed E-state index contributed by atoms with van der Waals surface area (Å²) in [6.07, 6.45) is 1.80. The standard InChI is InChI=1S/C13H17BrClN3/c1-7(2)9(4)18-12(8(3)15)17-11-5-10(14)6-16-13(11)18/h5-9H,1-4H3. The van der Waals surface area contributed by atoms with E-state index in [0.29, 0.717) is 12.0 Å². The molecule has 0 fully saturated rings. The fourth-order valence-corrected chi connectivity index (χ4v) is 2.43. The molecule has 2 unspecified atom stereocenters. The lowest BCUT2D eigenvalue weighted by Gasteiger charge is -2.21. The molecule has 0 aliphatic carbocycles. The smallest absolute Gasteiger partial charge is 0.160 e. The van der Waals surface area contributed by atoms with Gasteiger partial charge in [0.05, 0.1) is 5.38 Å². The Balaban J connectivity index is 2.70. The minimum absolute atomic E-state index is 0.126. The first-order chi connectivity index (χ1) is 8.41. The summed E-state index contributed by atoms with van der Waals surface area (Å²) in [5.41, 5.74) is 1.79. The zero-order valence-electron chi connectivity index (χ0n) is 11.0. The second-order valence-corrected chi connectivity index (χ2v) is 6.51. The average Bonchev–Trinajstić information content (AvgIpc) is 2.66. The van der Waals surface area contributed by atoms with E-state index in [-0.39, 0.29) is 5.38 Å². The lowest BCUT2D eigenvalue weighted by Crippen LogP contribution is -2.15. The zero-order valence-corrected chi connectivity index (χ0v) is 13.3. The van der Waals surface area contributed by atoms with Crippen molar-refractivity contribution >= 4 is 38.7 Å². The van der Waals surface area contributed by atoms with Gasteiger partial charge in [0.25, 0.3) is 0 Å². The third-order valence-electron chi connectivity index (χ3n) is 3.25. The van der Waals surface area contributed by atoms with E-state index < -0.39 is 0 Å². The second-order valence-electron chi connectivity index (χ2n) is 4.94. The highest BCUT2D eigenvalue weighted by Crippen LogP contribution is 2.30. The molecule has 0 saturated carbocycles. The van der Waals surface area contributed by atoms with Gasteiger partial charge in [-0.15, -0.1) is 11.6 Å². The topological polar surface area (TPSA) is 30.7 Å². The molecule has 2 aromatic rings. The Morgan fingerprint density at radius 1 is 1.28 bits per heavy atom. The summed E-state index contributed by atoms with van der Waals surface area (Å²) in [4.78, 5) is 9.10. The molecular weight excluding hydrogens is 314 g/mol. The van der Waals surface area contributed by atoms with E-state index in [4.69, 9.17) is 11.6 Å². The monoisotopic (exact) mass is 329 g/mol. The SMILES string of the molecule is CC(Cl)c1nc2cc(Br)cnc2n1C(C)C(C)C. The number of imidazole rings is 1. The van der Waals surface area contributed by atoms with Crippen LogP contribution in [0.2, 0.25) is 0 Å². The Kier molecular flexibility index (Phi) is 3.97. The molecule has 0 amide bonds. The van der Waals surface area contributed by atoms with Gasteiger partial charge in [-0.25, -0.2) is 9.97 Å². The van der Waals surface area contributed by atoms with Gasteiger partial charge in [0.2, 0.25) is 0 Å². The lowest BCUT2D eigenvalue weighted by atomic mass is 10.1. The van der Waals surface area contributed by atoms with Crippen LogP contribution in [-0.2, 0) is 0 Å². The van der Waals surface area contributed by atoms with Gasteiger partial charge >= 0.3 is 0 Å². The van der Waals surface area contributed by atoms with E-state index in [2.05, 4.69) is 51.2 Å². The van der Waals surface area contributed by atoms with Gasteiger partial charge in [0, 0.05) is 16.7 Å². The summed E-state index contributed by atoms with van der Waals surface area (Å²) >= 11 is 9.67. The van der Waals surface area contributed by atoms with Crippen molar-refractivity contribution in [2.75, 3.05) is 0 Å². The van der Waals surface area contributed by atoms with Gasteiger partial charge < -0.3 is 4.57 Å². The van der Waals surface area contributed by atoms with Crippen LogP contribution in [0.25, 0.3) is 11.2 Å². The molecule has 2 heterocycles. The molecule has 0 aromatic carbocycles. The van der Waals surface area contributed by atoms with Crippen LogP contribution < -0.4 is 0 Å². The van der Waals surface area contributed by atoms with Crippen LogP contribution >= 0.6 is 27.5 Å². The van der Waals surface area contributed by atoms with Gasteiger partial charge in [-0.1, -0.05) is 13.8 Å². The normalized spacial score (nSPS) is 15.3. The third-order valence-corrected chi connectivity index (χ3v) is 3.88. The molecule has 2 rings (SSSR count). The number of nitrogens with zero attached hydrogens (tertiary/aromatic N) is 3. The Hall–Kier alpha value is -0.610. The maximum atomic E-state index is 6.25. The summed E-state index contributed by atoms with van der Waals surface area (Å²) in [7, 11) is 0. The summed E-state index contributed by atoms with van der Waals surface area (Å²) in [5.74, 6) is 1.39. The Labute approximate surface area is 121 Å². The number of pyridine rings is 1. The van der Waals surface area contributed by atoms with E-state index in [1.54, 1.807) is 6.20 Å². The van der Waals surface area contributed by atoms with Crippen LogP contribution in [0.3, 0.4) is 0 Å². The number of hydrogen-bond acceptors (Lipinski definition) is 2. The summed E-state index contributed by atoms with van der Waals surface area (Å²) in [6.45, 7) is 8.51. The van der Waals surface area contributed by atoms with Gasteiger partial charge in [-0.05, 0) is 41.8 Å². The van der Waals surface area contributed by atoms with Gasteiger partial charge in [0.15, 0.2) is 5.65 Å². The number of halogens is 2. The van der Waals surface area contributed by atoms with Crippen LogP contribution in [-0.4, -0.2) is 14.5 Å². The molecule has 3 nitrogen and oxygen atoms in total. The van der Waals surface area contributed by atoms with Crippen LogP contribution in [0.15, 0.2) is 16.7 Å². The lowest BCUT2D eigenvalue weighted by molar-refractivity contribution is 0.404. The van der Waals surface area contributed by atoms with Crippen molar-refractivity contribution in [2.45, 2.75) is 39.1 Å².